The van der Waals surface area contributed by atoms with Gasteiger partial charge >= 0.3 is 0 Å². The van der Waals surface area contributed by atoms with E-state index in [4.69, 9.17) is 0 Å². The van der Waals surface area contributed by atoms with E-state index in [-0.39, 0.29) is 35.6 Å². The van der Waals surface area contributed by atoms with Gasteiger partial charge < -0.3 is 9.88 Å². The number of halogens is 1. The van der Waals surface area contributed by atoms with Gasteiger partial charge in [-0.05, 0) is 18.9 Å². The second-order valence-corrected chi connectivity index (χ2v) is 6.34. The lowest BCUT2D eigenvalue weighted by atomic mass is 10.2. The molecular weight excluding hydrogens is 317 g/mol. The van der Waals surface area contributed by atoms with Crippen molar-refractivity contribution in [3.05, 3.63) is 58.3 Å². The molecule has 0 atom stereocenters. The molecule has 1 aliphatic rings. The summed E-state index contributed by atoms with van der Waals surface area (Å²) in [6.07, 6.45) is 3.31. The van der Waals surface area contributed by atoms with Crippen LogP contribution in [0.25, 0.3) is 0 Å². The van der Waals surface area contributed by atoms with Crippen LogP contribution in [0.2, 0.25) is 0 Å². The minimum atomic E-state index is -0.298. The first-order chi connectivity index (χ1) is 11.1. The van der Waals surface area contributed by atoms with Gasteiger partial charge in [-0.25, -0.2) is 9.37 Å². The van der Waals surface area contributed by atoms with E-state index in [2.05, 4.69) is 9.97 Å². The highest BCUT2D eigenvalue weighted by Gasteiger charge is 2.32. The normalized spacial score (nSPS) is 13.8. The number of nitrogens with one attached hydrogen (secondary N) is 1. The van der Waals surface area contributed by atoms with Gasteiger partial charge in [-0.3, -0.25) is 9.59 Å². The van der Waals surface area contributed by atoms with Gasteiger partial charge in [0.2, 0.25) is 5.91 Å². The molecule has 1 heterocycles. The van der Waals surface area contributed by atoms with E-state index in [1.165, 1.54) is 30.1 Å². The lowest BCUT2D eigenvalue weighted by Crippen LogP contribution is -2.34. The number of aromatic nitrogens is 2. The van der Waals surface area contributed by atoms with Crippen LogP contribution in [0.5, 0.6) is 0 Å². The number of aromatic amines is 1. The third kappa shape index (κ3) is 4.19. The highest BCUT2D eigenvalue weighted by atomic mass is 32.2. The fourth-order valence-corrected chi connectivity index (χ4v) is 2.99. The summed E-state index contributed by atoms with van der Waals surface area (Å²) in [6, 6.07) is 8.00. The van der Waals surface area contributed by atoms with Crippen LogP contribution in [0, 0.1) is 5.82 Å². The molecule has 0 unspecified atom stereocenters. The molecule has 1 aliphatic carbocycles. The third-order valence-electron chi connectivity index (χ3n) is 3.59. The van der Waals surface area contributed by atoms with Gasteiger partial charge in [-0.1, -0.05) is 30.0 Å². The second kappa shape index (κ2) is 6.95. The van der Waals surface area contributed by atoms with E-state index in [0.717, 1.165) is 12.8 Å². The number of hydrogen-bond acceptors (Lipinski definition) is 4. The first kappa shape index (κ1) is 15.7. The molecule has 3 rings (SSSR count). The average Bonchev–Trinajstić information content (AvgIpc) is 3.37. The Morgan fingerprint density at radius 3 is 2.83 bits per heavy atom. The topological polar surface area (TPSA) is 66.1 Å². The molecule has 120 valence electrons. The predicted octanol–water partition coefficient (Wildman–Crippen LogP) is 2.19. The summed E-state index contributed by atoms with van der Waals surface area (Å²) in [4.78, 5) is 32.0. The van der Waals surface area contributed by atoms with Crippen LogP contribution < -0.4 is 5.56 Å². The molecular formula is C16H16FN3O2S. The van der Waals surface area contributed by atoms with Crippen molar-refractivity contribution in [1.29, 1.82) is 0 Å². The van der Waals surface area contributed by atoms with Crippen molar-refractivity contribution in [3.8, 4) is 0 Å². The molecule has 2 aromatic rings. The standard InChI is InChI=1S/C16H16FN3O2S/c17-13-4-2-1-3-11(13)9-20(12-5-6-12)15(22)10-23-16-18-8-7-14(21)19-16/h1-4,7-8,12H,5-6,9-10H2,(H,18,19,21). The Labute approximate surface area is 136 Å². The van der Waals surface area contributed by atoms with Crippen LogP contribution in [0.15, 0.2) is 46.5 Å². The van der Waals surface area contributed by atoms with Gasteiger partial charge in [0.15, 0.2) is 5.16 Å². The van der Waals surface area contributed by atoms with Crippen molar-refractivity contribution < 1.29 is 9.18 Å². The quantitative estimate of drug-likeness (QED) is 0.650. The fraction of sp³-hybridized carbons (Fsp3) is 0.312. The first-order valence-electron chi connectivity index (χ1n) is 7.34. The molecule has 0 bridgehead atoms. The number of nitrogens with zero attached hydrogens (tertiary/aromatic N) is 2. The molecule has 23 heavy (non-hydrogen) atoms. The SMILES string of the molecule is O=C(CSc1nccc(=O)[nH]1)N(Cc1ccccc1F)C1CC1. The van der Waals surface area contributed by atoms with Gasteiger partial charge in [0, 0.05) is 30.4 Å². The minimum Gasteiger partial charge on any atom is -0.335 e. The van der Waals surface area contributed by atoms with Crippen molar-refractivity contribution in [3.63, 3.8) is 0 Å². The number of benzene rings is 1. The molecule has 0 aliphatic heterocycles. The summed E-state index contributed by atoms with van der Waals surface area (Å²) in [5, 5.41) is 0.410. The summed E-state index contributed by atoms with van der Waals surface area (Å²) >= 11 is 1.18. The lowest BCUT2D eigenvalue weighted by molar-refractivity contribution is -0.129. The number of thioether (sulfide) groups is 1. The lowest BCUT2D eigenvalue weighted by Gasteiger charge is -2.22. The molecule has 0 saturated heterocycles. The second-order valence-electron chi connectivity index (χ2n) is 5.37. The Hall–Kier alpha value is -2.15. The van der Waals surface area contributed by atoms with E-state index in [0.29, 0.717) is 10.7 Å². The van der Waals surface area contributed by atoms with Gasteiger partial charge in [-0.15, -0.1) is 0 Å². The molecule has 1 aromatic heterocycles. The molecule has 0 radical (unpaired) electrons. The molecule has 7 heteroatoms. The van der Waals surface area contributed by atoms with Crippen molar-refractivity contribution >= 4 is 17.7 Å². The highest BCUT2D eigenvalue weighted by Crippen LogP contribution is 2.29. The molecule has 1 fully saturated rings. The van der Waals surface area contributed by atoms with E-state index >= 15 is 0 Å². The summed E-state index contributed by atoms with van der Waals surface area (Å²) in [6.45, 7) is 0.273. The number of H-pyrrole nitrogens is 1. The predicted molar refractivity (Wildman–Crippen MR) is 85.6 cm³/mol. The molecule has 1 aromatic carbocycles. The van der Waals surface area contributed by atoms with E-state index in [9.17, 15) is 14.0 Å². The fourth-order valence-electron chi connectivity index (χ4n) is 2.26. The van der Waals surface area contributed by atoms with Crippen LogP contribution in [0.1, 0.15) is 18.4 Å². The number of carbonyl (C=O) groups is 1. The van der Waals surface area contributed by atoms with Crippen LogP contribution in [0.4, 0.5) is 4.39 Å². The number of hydrogen-bond donors (Lipinski definition) is 1. The molecule has 5 nitrogen and oxygen atoms in total. The number of carbonyl (C=O) groups excluding carboxylic acids is 1. The van der Waals surface area contributed by atoms with Gasteiger partial charge in [-0.2, -0.15) is 0 Å². The summed E-state index contributed by atoms with van der Waals surface area (Å²) in [5.41, 5.74) is 0.268. The van der Waals surface area contributed by atoms with Gasteiger partial charge in [0.1, 0.15) is 5.82 Å². The van der Waals surface area contributed by atoms with Crippen LogP contribution in [0.3, 0.4) is 0 Å². The van der Waals surface area contributed by atoms with Gasteiger partial charge in [0.05, 0.1) is 5.75 Å². The zero-order valence-corrected chi connectivity index (χ0v) is 13.2. The summed E-state index contributed by atoms with van der Waals surface area (Å²) in [5.74, 6) is -0.210. The summed E-state index contributed by atoms with van der Waals surface area (Å²) in [7, 11) is 0. The number of amides is 1. The largest absolute Gasteiger partial charge is 0.335 e. The van der Waals surface area contributed by atoms with Crippen LogP contribution >= 0.6 is 11.8 Å². The Morgan fingerprint density at radius 1 is 1.35 bits per heavy atom. The Bertz CT molecular complexity index is 761. The molecule has 1 saturated carbocycles. The number of rotatable bonds is 6. The monoisotopic (exact) mass is 333 g/mol. The molecule has 1 N–H and O–H groups in total. The van der Waals surface area contributed by atoms with Crippen molar-refractivity contribution in [2.45, 2.75) is 30.6 Å². The van der Waals surface area contributed by atoms with Crippen molar-refractivity contribution in [1.82, 2.24) is 14.9 Å². The Kier molecular flexibility index (Phi) is 4.76. The average molecular weight is 333 g/mol. The van der Waals surface area contributed by atoms with Crippen molar-refractivity contribution in [2.75, 3.05) is 5.75 Å². The summed E-state index contributed by atoms with van der Waals surface area (Å²) < 4.78 is 13.8. The zero-order chi connectivity index (χ0) is 16.2. The molecule has 1 amide bonds. The van der Waals surface area contributed by atoms with E-state index in [1.807, 2.05) is 0 Å². The van der Waals surface area contributed by atoms with Crippen LogP contribution in [-0.2, 0) is 11.3 Å². The maximum atomic E-state index is 13.8. The Morgan fingerprint density at radius 2 is 2.13 bits per heavy atom. The van der Waals surface area contributed by atoms with E-state index in [1.54, 1.807) is 23.1 Å². The van der Waals surface area contributed by atoms with Crippen molar-refractivity contribution in [2.24, 2.45) is 0 Å². The van der Waals surface area contributed by atoms with Gasteiger partial charge in [0.25, 0.3) is 5.56 Å². The Balaban J connectivity index is 1.65. The van der Waals surface area contributed by atoms with E-state index < -0.39 is 0 Å². The first-order valence-corrected chi connectivity index (χ1v) is 8.33. The maximum Gasteiger partial charge on any atom is 0.251 e. The highest BCUT2D eigenvalue weighted by molar-refractivity contribution is 7.99. The third-order valence-corrected chi connectivity index (χ3v) is 4.46. The molecule has 0 spiro atoms. The minimum absolute atomic E-state index is 0.0766. The maximum absolute atomic E-state index is 13.8. The zero-order valence-electron chi connectivity index (χ0n) is 12.4. The van der Waals surface area contributed by atoms with Crippen LogP contribution in [-0.4, -0.2) is 32.6 Å². The smallest absolute Gasteiger partial charge is 0.251 e.